The van der Waals surface area contributed by atoms with Crippen LogP contribution in [0.25, 0.3) is 11.3 Å². The van der Waals surface area contributed by atoms with E-state index in [0.29, 0.717) is 11.1 Å². The smallest absolute Gasteiger partial charge is 0.270 e. The van der Waals surface area contributed by atoms with Crippen LogP contribution in [0.4, 0.5) is 5.69 Å². The molecule has 2 N–H and O–H groups in total. The highest BCUT2D eigenvalue weighted by molar-refractivity contribution is 5.95. The molecule has 110 valence electrons. The third-order valence-corrected chi connectivity index (χ3v) is 3.43. The summed E-state index contributed by atoms with van der Waals surface area (Å²) in [6, 6.07) is 8.14. The molecule has 0 spiro atoms. The average molecular weight is 287 g/mol. The number of non-ortho nitro benzene ring substituents is 1. The van der Waals surface area contributed by atoms with Gasteiger partial charge < -0.3 is 10.3 Å². The second-order valence-electron chi connectivity index (χ2n) is 5.16. The van der Waals surface area contributed by atoms with E-state index in [1.807, 2.05) is 25.3 Å². The zero-order chi connectivity index (χ0) is 15.7. The van der Waals surface area contributed by atoms with Crippen molar-refractivity contribution in [2.45, 2.75) is 26.8 Å². The predicted molar refractivity (Wildman–Crippen MR) is 80.2 cm³/mol. The largest absolute Gasteiger partial charge is 0.366 e. The number of primary amides is 1. The fourth-order valence-electron chi connectivity index (χ4n) is 2.54. The minimum absolute atomic E-state index is 0.0160. The zero-order valence-electron chi connectivity index (χ0n) is 12.2. The van der Waals surface area contributed by atoms with Crippen molar-refractivity contribution >= 4 is 11.6 Å². The van der Waals surface area contributed by atoms with E-state index in [-0.39, 0.29) is 11.7 Å². The maximum Gasteiger partial charge on any atom is 0.270 e. The summed E-state index contributed by atoms with van der Waals surface area (Å²) in [5, 5.41) is 10.9. The third kappa shape index (κ3) is 2.65. The normalized spacial score (nSPS) is 10.9. The van der Waals surface area contributed by atoms with Gasteiger partial charge in [-0.3, -0.25) is 14.9 Å². The number of hydrogen-bond donors (Lipinski definition) is 1. The van der Waals surface area contributed by atoms with Crippen LogP contribution in [0.3, 0.4) is 0 Å². The van der Waals surface area contributed by atoms with Gasteiger partial charge in [-0.25, -0.2) is 0 Å². The lowest BCUT2D eigenvalue weighted by molar-refractivity contribution is -0.384. The Morgan fingerprint density at radius 3 is 2.52 bits per heavy atom. The molecule has 21 heavy (non-hydrogen) atoms. The monoisotopic (exact) mass is 287 g/mol. The molecule has 0 saturated carbocycles. The molecular weight excluding hydrogens is 270 g/mol. The van der Waals surface area contributed by atoms with Crippen molar-refractivity contribution in [3.05, 3.63) is 51.7 Å². The number of hydrogen-bond acceptors (Lipinski definition) is 3. The highest BCUT2D eigenvalue weighted by Gasteiger charge is 2.19. The Morgan fingerprint density at radius 1 is 1.33 bits per heavy atom. The lowest BCUT2D eigenvalue weighted by Crippen LogP contribution is -2.13. The Bertz CT molecular complexity index is 717. The summed E-state index contributed by atoms with van der Waals surface area (Å²) in [7, 11) is 0. The second-order valence-corrected chi connectivity index (χ2v) is 5.16. The summed E-state index contributed by atoms with van der Waals surface area (Å²) in [6.45, 7) is 5.79. The van der Waals surface area contributed by atoms with E-state index in [1.54, 1.807) is 18.2 Å². The molecule has 0 aliphatic rings. The molecule has 0 saturated heterocycles. The van der Waals surface area contributed by atoms with Gasteiger partial charge in [0.15, 0.2) is 0 Å². The van der Waals surface area contributed by atoms with Gasteiger partial charge in [0.2, 0.25) is 0 Å². The van der Waals surface area contributed by atoms with Crippen molar-refractivity contribution in [3.8, 4) is 11.3 Å². The van der Waals surface area contributed by atoms with Crippen molar-refractivity contribution < 1.29 is 9.72 Å². The Balaban J connectivity index is 2.68. The van der Waals surface area contributed by atoms with Crippen molar-refractivity contribution in [2.75, 3.05) is 0 Å². The summed E-state index contributed by atoms with van der Waals surface area (Å²) in [5.41, 5.74) is 8.05. The molecule has 0 aliphatic carbocycles. The average Bonchev–Trinajstić information content (AvgIpc) is 2.76. The number of aromatic nitrogens is 1. The number of carbonyl (C=O) groups is 1. The van der Waals surface area contributed by atoms with Gasteiger partial charge in [0, 0.05) is 35.1 Å². The van der Waals surface area contributed by atoms with Gasteiger partial charge >= 0.3 is 0 Å². The van der Waals surface area contributed by atoms with Crippen LogP contribution in [0, 0.1) is 17.0 Å². The second kappa shape index (κ2) is 5.40. The Kier molecular flexibility index (Phi) is 3.80. The molecular formula is C15H17N3O3. The molecule has 2 aromatic rings. The van der Waals surface area contributed by atoms with E-state index in [4.69, 9.17) is 5.73 Å². The Labute approximate surface area is 122 Å². The van der Waals surface area contributed by atoms with Crippen molar-refractivity contribution in [3.63, 3.8) is 0 Å². The summed E-state index contributed by atoms with van der Waals surface area (Å²) < 4.78 is 1.96. The standard InChI is InChI=1S/C15H17N3O3/c1-9(2)17-10(3)13(15(16)19)8-14(17)11-5-4-6-12(7-11)18(20)21/h4-9H,1-3H3,(H2,16,19). The number of carbonyl (C=O) groups excluding carboxylic acids is 1. The molecule has 1 aromatic carbocycles. The van der Waals surface area contributed by atoms with Gasteiger partial charge in [-0.2, -0.15) is 0 Å². The molecule has 1 amide bonds. The van der Waals surface area contributed by atoms with Crippen molar-refractivity contribution in [1.29, 1.82) is 0 Å². The van der Waals surface area contributed by atoms with Crippen LogP contribution >= 0.6 is 0 Å². The first-order valence-corrected chi connectivity index (χ1v) is 6.59. The fraction of sp³-hybridized carbons (Fsp3) is 0.267. The summed E-state index contributed by atoms with van der Waals surface area (Å²) in [4.78, 5) is 22.0. The molecule has 0 fully saturated rings. The van der Waals surface area contributed by atoms with E-state index in [2.05, 4.69) is 0 Å². The molecule has 6 nitrogen and oxygen atoms in total. The predicted octanol–water partition coefficient (Wildman–Crippen LogP) is 3.05. The summed E-state index contributed by atoms with van der Waals surface area (Å²) in [6.07, 6.45) is 0. The number of rotatable bonds is 4. The number of nitro groups is 1. The molecule has 6 heteroatoms. The van der Waals surface area contributed by atoms with E-state index in [9.17, 15) is 14.9 Å². The van der Waals surface area contributed by atoms with E-state index in [0.717, 1.165) is 11.4 Å². The van der Waals surface area contributed by atoms with Crippen LogP contribution in [0.15, 0.2) is 30.3 Å². The Morgan fingerprint density at radius 2 is 2.00 bits per heavy atom. The van der Waals surface area contributed by atoms with Gasteiger partial charge in [-0.1, -0.05) is 12.1 Å². The van der Waals surface area contributed by atoms with Crippen LogP contribution in [0.5, 0.6) is 0 Å². The Hall–Kier alpha value is -2.63. The highest BCUT2D eigenvalue weighted by Crippen LogP contribution is 2.30. The van der Waals surface area contributed by atoms with Crippen molar-refractivity contribution in [2.24, 2.45) is 5.73 Å². The third-order valence-electron chi connectivity index (χ3n) is 3.43. The number of nitrogens with two attached hydrogens (primary N) is 1. The minimum Gasteiger partial charge on any atom is -0.366 e. The quantitative estimate of drug-likeness (QED) is 0.692. The van der Waals surface area contributed by atoms with Crippen LogP contribution in [-0.2, 0) is 0 Å². The van der Waals surface area contributed by atoms with Gasteiger partial charge in [0.05, 0.1) is 10.5 Å². The van der Waals surface area contributed by atoms with Gasteiger partial charge in [-0.15, -0.1) is 0 Å². The molecule has 0 radical (unpaired) electrons. The molecule has 0 atom stereocenters. The number of nitrogens with zero attached hydrogens (tertiary/aromatic N) is 2. The van der Waals surface area contributed by atoms with E-state index in [1.165, 1.54) is 12.1 Å². The van der Waals surface area contributed by atoms with Crippen molar-refractivity contribution in [1.82, 2.24) is 4.57 Å². The first-order valence-electron chi connectivity index (χ1n) is 6.59. The lowest BCUT2D eigenvalue weighted by Gasteiger charge is -2.15. The van der Waals surface area contributed by atoms with Crippen LogP contribution < -0.4 is 5.73 Å². The van der Waals surface area contributed by atoms with Gasteiger partial charge in [-0.05, 0) is 26.8 Å². The minimum atomic E-state index is -0.501. The molecule has 0 bridgehead atoms. The molecule has 0 aliphatic heterocycles. The summed E-state index contributed by atoms with van der Waals surface area (Å²) >= 11 is 0. The first-order chi connectivity index (χ1) is 9.82. The fourth-order valence-corrected chi connectivity index (χ4v) is 2.54. The first kappa shape index (κ1) is 14.8. The molecule has 0 unspecified atom stereocenters. The SMILES string of the molecule is Cc1c(C(N)=O)cc(-c2cccc([N+](=O)[O-])c2)n1C(C)C. The van der Waals surface area contributed by atoms with E-state index >= 15 is 0 Å². The van der Waals surface area contributed by atoms with Crippen LogP contribution in [0.2, 0.25) is 0 Å². The number of benzene rings is 1. The molecule has 1 heterocycles. The van der Waals surface area contributed by atoms with Crippen LogP contribution in [0.1, 0.15) is 35.9 Å². The van der Waals surface area contributed by atoms with E-state index < -0.39 is 10.8 Å². The topological polar surface area (TPSA) is 91.2 Å². The van der Waals surface area contributed by atoms with Gasteiger partial charge in [0.1, 0.15) is 0 Å². The summed E-state index contributed by atoms with van der Waals surface area (Å²) in [5.74, 6) is -0.501. The maximum atomic E-state index is 11.5. The van der Waals surface area contributed by atoms with Gasteiger partial charge in [0.25, 0.3) is 11.6 Å². The zero-order valence-corrected chi connectivity index (χ0v) is 12.2. The lowest BCUT2D eigenvalue weighted by atomic mass is 10.1. The maximum absolute atomic E-state index is 11.5. The number of amides is 1. The van der Waals surface area contributed by atoms with Crippen LogP contribution in [-0.4, -0.2) is 15.4 Å². The highest BCUT2D eigenvalue weighted by atomic mass is 16.6. The number of nitro benzene ring substituents is 1. The molecule has 2 rings (SSSR count). The molecule has 1 aromatic heterocycles.